The van der Waals surface area contributed by atoms with E-state index in [1.54, 1.807) is 0 Å². The zero-order valence-electron chi connectivity index (χ0n) is 15.7. The summed E-state index contributed by atoms with van der Waals surface area (Å²) in [6.45, 7) is 7.41. The van der Waals surface area contributed by atoms with Crippen molar-refractivity contribution in [2.24, 2.45) is 11.1 Å². The molecule has 5 heteroatoms. The highest BCUT2D eigenvalue weighted by molar-refractivity contribution is 5.85. The highest BCUT2D eigenvalue weighted by atomic mass is 35.5. The number of ether oxygens (including phenoxy) is 1. The number of nitrogens with two attached hydrogens (primary N) is 1. The maximum Gasteiger partial charge on any atom is 0.237 e. The Labute approximate surface area is 162 Å². The van der Waals surface area contributed by atoms with Crippen LogP contribution in [0, 0.1) is 5.41 Å². The van der Waals surface area contributed by atoms with E-state index in [0.717, 1.165) is 16.7 Å². The molecule has 0 saturated heterocycles. The molecule has 0 radical (unpaired) electrons. The molecule has 0 unspecified atom stereocenters. The summed E-state index contributed by atoms with van der Waals surface area (Å²) in [7, 11) is 0. The van der Waals surface area contributed by atoms with E-state index < -0.39 is 6.04 Å². The van der Waals surface area contributed by atoms with Gasteiger partial charge in [0.05, 0.1) is 19.3 Å². The summed E-state index contributed by atoms with van der Waals surface area (Å²) in [6, 6.07) is 17.5. The summed E-state index contributed by atoms with van der Waals surface area (Å²) in [5, 5.41) is 2.93. The lowest BCUT2D eigenvalue weighted by Gasteiger charge is -2.26. The molecule has 26 heavy (non-hydrogen) atoms. The SMILES string of the molecule is CC(C)(C)[C@H](N)C(=O)NCc1ccccc1COCc1ccccc1.Cl. The Kier molecular flexibility index (Phi) is 8.79. The van der Waals surface area contributed by atoms with E-state index in [1.807, 2.05) is 75.4 Å². The number of carbonyl (C=O) groups excluding carboxylic acids is 1. The molecule has 1 amide bonds. The number of amides is 1. The number of hydrogen-bond donors (Lipinski definition) is 2. The van der Waals surface area contributed by atoms with Crippen LogP contribution < -0.4 is 11.1 Å². The smallest absolute Gasteiger partial charge is 0.237 e. The zero-order valence-corrected chi connectivity index (χ0v) is 16.5. The Morgan fingerprint density at radius 1 is 1.00 bits per heavy atom. The van der Waals surface area contributed by atoms with Gasteiger partial charge in [0.25, 0.3) is 0 Å². The first kappa shape index (κ1) is 22.2. The molecular weight excluding hydrogens is 348 g/mol. The molecule has 0 fully saturated rings. The topological polar surface area (TPSA) is 64.4 Å². The summed E-state index contributed by atoms with van der Waals surface area (Å²) >= 11 is 0. The van der Waals surface area contributed by atoms with E-state index >= 15 is 0 Å². The molecule has 142 valence electrons. The average Bonchev–Trinajstić information content (AvgIpc) is 2.60. The highest BCUT2D eigenvalue weighted by Crippen LogP contribution is 2.18. The third kappa shape index (κ3) is 6.79. The van der Waals surface area contributed by atoms with Crippen molar-refractivity contribution in [3.05, 3.63) is 71.3 Å². The monoisotopic (exact) mass is 376 g/mol. The number of hydrogen-bond acceptors (Lipinski definition) is 3. The molecule has 0 aliphatic carbocycles. The highest BCUT2D eigenvalue weighted by Gasteiger charge is 2.27. The molecule has 1 atom stereocenters. The normalized spacial score (nSPS) is 12.2. The summed E-state index contributed by atoms with van der Waals surface area (Å²) in [4.78, 5) is 12.2. The van der Waals surface area contributed by atoms with Crippen molar-refractivity contribution in [3.63, 3.8) is 0 Å². The lowest BCUT2D eigenvalue weighted by atomic mass is 9.87. The van der Waals surface area contributed by atoms with Gasteiger partial charge in [0.1, 0.15) is 0 Å². The van der Waals surface area contributed by atoms with Crippen molar-refractivity contribution in [1.29, 1.82) is 0 Å². The molecule has 2 aromatic rings. The molecule has 4 nitrogen and oxygen atoms in total. The van der Waals surface area contributed by atoms with Crippen LogP contribution in [0.3, 0.4) is 0 Å². The maximum atomic E-state index is 12.2. The fourth-order valence-electron chi connectivity index (χ4n) is 2.41. The fraction of sp³-hybridized carbons (Fsp3) is 0.381. The van der Waals surface area contributed by atoms with Gasteiger partial charge in [0.2, 0.25) is 5.91 Å². The Balaban J connectivity index is 0.00000338. The van der Waals surface area contributed by atoms with Crippen LogP contribution >= 0.6 is 12.4 Å². The second-order valence-electron chi connectivity index (χ2n) is 7.31. The van der Waals surface area contributed by atoms with Gasteiger partial charge in [-0.1, -0.05) is 75.4 Å². The Hall–Kier alpha value is -1.88. The van der Waals surface area contributed by atoms with E-state index in [-0.39, 0.29) is 23.7 Å². The quantitative estimate of drug-likeness (QED) is 0.772. The van der Waals surface area contributed by atoms with Gasteiger partial charge < -0.3 is 15.8 Å². The minimum Gasteiger partial charge on any atom is -0.372 e. The Morgan fingerprint density at radius 2 is 1.58 bits per heavy atom. The van der Waals surface area contributed by atoms with E-state index in [1.165, 1.54) is 0 Å². The van der Waals surface area contributed by atoms with Crippen molar-refractivity contribution >= 4 is 18.3 Å². The summed E-state index contributed by atoms with van der Waals surface area (Å²) in [6.07, 6.45) is 0. The van der Waals surface area contributed by atoms with Crippen molar-refractivity contribution in [3.8, 4) is 0 Å². The lowest BCUT2D eigenvalue weighted by molar-refractivity contribution is -0.124. The number of benzene rings is 2. The van der Waals surface area contributed by atoms with Gasteiger partial charge in [-0.2, -0.15) is 0 Å². The first-order chi connectivity index (χ1) is 11.9. The Morgan fingerprint density at radius 3 is 2.19 bits per heavy atom. The van der Waals surface area contributed by atoms with E-state index in [4.69, 9.17) is 10.5 Å². The molecule has 3 N–H and O–H groups in total. The van der Waals surface area contributed by atoms with E-state index in [0.29, 0.717) is 19.8 Å². The Bertz CT molecular complexity index is 684. The lowest BCUT2D eigenvalue weighted by Crippen LogP contribution is -2.48. The second kappa shape index (κ2) is 10.3. The van der Waals surface area contributed by atoms with Gasteiger partial charge in [-0.25, -0.2) is 0 Å². The molecule has 0 aromatic heterocycles. The van der Waals surface area contributed by atoms with Crippen LogP contribution in [0.1, 0.15) is 37.5 Å². The van der Waals surface area contributed by atoms with Crippen LogP contribution in [-0.2, 0) is 29.3 Å². The van der Waals surface area contributed by atoms with Crippen LogP contribution in [0.15, 0.2) is 54.6 Å². The number of halogens is 1. The van der Waals surface area contributed by atoms with Crippen molar-refractivity contribution in [2.75, 3.05) is 0 Å². The molecule has 0 saturated carbocycles. The first-order valence-corrected chi connectivity index (χ1v) is 8.59. The zero-order chi connectivity index (χ0) is 18.3. The molecule has 2 aromatic carbocycles. The second-order valence-corrected chi connectivity index (χ2v) is 7.31. The van der Waals surface area contributed by atoms with Crippen LogP contribution in [0.2, 0.25) is 0 Å². The predicted octanol–water partition coefficient (Wildman–Crippen LogP) is 3.81. The largest absolute Gasteiger partial charge is 0.372 e. The van der Waals surface area contributed by atoms with Crippen LogP contribution in [0.25, 0.3) is 0 Å². The first-order valence-electron chi connectivity index (χ1n) is 8.59. The molecule has 0 bridgehead atoms. The fourth-order valence-corrected chi connectivity index (χ4v) is 2.41. The minimum absolute atomic E-state index is 0. The summed E-state index contributed by atoms with van der Waals surface area (Å²) in [5.74, 6) is -0.132. The molecular formula is C21H29ClN2O2. The van der Waals surface area contributed by atoms with Gasteiger partial charge in [-0.3, -0.25) is 4.79 Å². The number of rotatable bonds is 7. The van der Waals surface area contributed by atoms with E-state index in [9.17, 15) is 4.79 Å². The van der Waals surface area contributed by atoms with Gasteiger partial charge in [0, 0.05) is 6.54 Å². The van der Waals surface area contributed by atoms with Gasteiger partial charge >= 0.3 is 0 Å². The van der Waals surface area contributed by atoms with Crippen molar-refractivity contribution < 1.29 is 9.53 Å². The van der Waals surface area contributed by atoms with Crippen LogP contribution in [0.5, 0.6) is 0 Å². The van der Waals surface area contributed by atoms with Gasteiger partial charge in [-0.05, 0) is 22.1 Å². The molecule has 0 spiro atoms. The number of carbonyl (C=O) groups is 1. The maximum absolute atomic E-state index is 12.2. The average molecular weight is 377 g/mol. The van der Waals surface area contributed by atoms with Crippen LogP contribution in [-0.4, -0.2) is 11.9 Å². The van der Waals surface area contributed by atoms with Gasteiger partial charge in [-0.15, -0.1) is 12.4 Å². The molecule has 0 heterocycles. The van der Waals surface area contributed by atoms with Gasteiger partial charge in [0.15, 0.2) is 0 Å². The minimum atomic E-state index is -0.533. The molecule has 2 rings (SSSR count). The number of nitrogens with one attached hydrogen (secondary N) is 1. The molecule has 0 aliphatic heterocycles. The molecule has 0 aliphatic rings. The van der Waals surface area contributed by atoms with Crippen molar-refractivity contribution in [1.82, 2.24) is 5.32 Å². The van der Waals surface area contributed by atoms with E-state index in [2.05, 4.69) is 5.32 Å². The van der Waals surface area contributed by atoms with Crippen LogP contribution in [0.4, 0.5) is 0 Å². The summed E-state index contributed by atoms with van der Waals surface area (Å²) in [5.41, 5.74) is 9.00. The predicted molar refractivity (Wildman–Crippen MR) is 108 cm³/mol. The third-order valence-corrected chi connectivity index (χ3v) is 4.16. The summed E-state index contributed by atoms with van der Waals surface area (Å²) < 4.78 is 5.82. The van der Waals surface area contributed by atoms with Crippen molar-refractivity contribution in [2.45, 2.75) is 46.6 Å². The standard InChI is InChI=1S/C21H28N2O2.ClH/c1-21(2,3)19(22)20(24)23-13-17-11-7-8-12-18(17)15-25-14-16-9-5-4-6-10-16;/h4-12,19H,13-15,22H2,1-3H3,(H,23,24);1H/t19-;/m1./s1. The third-order valence-electron chi connectivity index (χ3n) is 4.16.